The van der Waals surface area contributed by atoms with Crippen molar-refractivity contribution in [3.05, 3.63) is 104 Å². The molecule has 4 aromatic rings. The molecule has 176 valence electrons. The Morgan fingerprint density at radius 2 is 1.89 bits per heavy atom. The normalized spacial score (nSPS) is 11.3. The summed E-state index contributed by atoms with van der Waals surface area (Å²) >= 11 is 7.10. The van der Waals surface area contributed by atoms with Crippen LogP contribution in [0.3, 0.4) is 0 Å². The fourth-order valence-corrected chi connectivity index (χ4v) is 5.27. The first-order valence-electron chi connectivity index (χ1n) is 11.1. The summed E-state index contributed by atoms with van der Waals surface area (Å²) in [5, 5.41) is 13.6. The van der Waals surface area contributed by atoms with Gasteiger partial charge in [0.1, 0.15) is 24.0 Å². The number of carbonyl (C=O) groups excluding carboxylic acids is 1. The zero-order valence-electron chi connectivity index (χ0n) is 19.1. The van der Waals surface area contributed by atoms with Gasteiger partial charge in [0.15, 0.2) is 0 Å². The monoisotopic (exact) mass is 591 g/mol. The van der Waals surface area contributed by atoms with Gasteiger partial charge in [0, 0.05) is 23.6 Å². The molecule has 0 fully saturated rings. The first-order valence-corrected chi connectivity index (χ1v) is 12.7. The molecule has 4 rings (SSSR count). The second-order valence-corrected chi connectivity index (χ2v) is 9.84. The number of para-hydroxylation sites is 1. The van der Waals surface area contributed by atoms with Crippen LogP contribution in [0.25, 0.3) is 17.0 Å². The quantitative estimate of drug-likeness (QED) is 0.173. The number of carbonyl (C=O) groups is 1. The fraction of sp³-hybridized carbons (Fsp3) is 0.143. The highest BCUT2D eigenvalue weighted by molar-refractivity contribution is 9.11. The molecule has 0 radical (unpaired) electrons. The molecule has 0 spiro atoms. The van der Waals surface area contributed by atoms with Gasteiger partial charge < -0.3 is 15.0 Å². The van der Waals surface area contributed by atoms with E-state index in [2.05, 4.69) is 48.2 Å². The van der Waals surface area contributed by atoms with Crippen molar-refractivity contribution in [3.63, 3.8) is 0 Å². The number of H-pyrrole nitrogens is 1. The van der Waals surface area contributed by atoms with Crippen LogP contribution in [0.4, 0.5) is 0 Å². The van der Waals surface area contributed by atoms with Gasteiger partial charge in [-0.15, -0.1) is 0 Å². The minimum Gasteiger partial charge on any atom is -0.487 e. The number of nitrogens with zero attached hydrogens (tertiary/aromatic N) is 1. The third-order valence-electron chi connectivity index (χ3n) is 5.52. The lowest BCUT2D eigenvalue weighted by molar-refractivity contribution is -0.117. The van der Waals surface area contributed by atoms with Crippen LogP contribution in [0, 0.1) is 18.3 Å². The maximum Gasteiger partial charge on any atom is 0.261 e. The van der Waals surface area contributed by atoms with E-state index >= 15 is 0 Å². The third kappa shape index (κ3) is 6.21. The van der Waals surface area contributed by atoms with E-state index in [-0.39, 0.29) is 5.57 Å². The number of aryl methyl sites for hydroxylation is 1. The Balaban J connectivity index is 1.41. The SMILES string of the molecule is Cc1cccc(COc2c(Br)cc(/C=C(/C#N)C(=O)NCCc3c[nH]c4ccccc34)cc2Br)c1. The minimum atomic E-state index is -0.403. The molecule has 0 aliphatic carbocycles. The van der Waals surface area contributed by atoms with Crippen LogP contribution in [0.1, 0.15) is 22.3 Å². The van der Waals surface area contributed by atoms with Crippen molar-refractivity contribution in [2.24, 2.45) is 0 Å². The Morgan fingerprint density at radius 3 is 2.63 bits per heavy atom. The number of hydrogen-bond acceptors (Lipinski definition) is 3. The van der Waals surface area contributed by atoms with Gasteiger partial charge in [0.25, 0.3) is 5.91 Å². The molecule has 0 aliphatic heterocycles. The first kappa shape index (κ1) is 24.8. The van der Waals surface area contributed by atoms with Gasteiger partial charge in [0.2, 0.25) is 0 Å². The molecule has 0 atom stereocenters. The highest BCUT2D eigenvalue weighted by Crippen LogP contribution is 2.36. The Morgan fingerprint density at radius 1 is 1.11 bits per heavy atom. The number of fused-ring (bicyclic) bond motifs is 1. The molecule has 0 aliphatic rings. The maximum atomic E-state index is 12.6. The van der Waals surface area contributed by atoms with Gasteiger partial charge in [-0.3, -0.25) is 4.79 Å². The summed E-state index contributed by atoms with van der Waals surface area (Å²) in [6, 6.07) is 21.8. The average molecular weight is 593 g/mol. The van der Waals surface area contributed by atoms with Gasteiger partial charge in [-0.2, -0.15) is 5.26 Å². The van der Waals surface area contributed by atoms with Crippen LogP contribution < -0.4 is 10.1 Å². The molecule has 1 aromatic heterocycles. The van der Waals surface area contributed by atoms with E-state index < -0.39 is 5.91 Å². The van der Waals surface area contributed by atoms with Crippen LogP contribution in [0.2, 0.25) is 0 Å². The molecule has 1 heterocycles. The molecule has 5 nitrogen and oxygen atoms in total. The van der Waals surface area contributed by atoms with Crippen molar-refractivity contribution in [1.29, 1.82) is 5.26 Å². The number of ether oxygens (including phenoxy) is 1. The van der Waals surface area contributed by atoms with E-state index in [1.165, 1.54) is 5.56 Å². The summed E-state index contributed by atoms with van der Waals surface area (Å²) in [5.41, 5.74) is 5.18. The average Bonchev–Trinajstić information content (AvgIpc) is 3.25. The van der Waals surface area contributed by atoms with Crippen molar-refractivity contribution in [2.75, 3.05) is 6.54 Å². The predicted molar refractivity (Wildman–Crippen MR) is 146 cm³/mol. The van der Waals surface area contributed by atoms with Crippen LogP contribution in [0.15, 0.2) is 81.4 Å². The Labute approximate surface area is 221 Å². The van der Waals surface area contributed by atoms with Gasteiger partial charge >= 0.3 is 0 Å². The molecule has 0 bridgehead atoms. The lowest BCUT2D eigenvalue weighted by atomic mass is 10.1. The molecule has 0 unspecified atom stereocenters. The summed E-state index contributed by atoms with van der Waals surface area (Å²) in [7, 11) is 0. The van der Waals surface area contributed by atoms with Crippen LogP contribution in [-0.2, 0) is 17.8 Å². The van der Waals surface area contributed by atoms with Crippen LogP contribution >= 0.6 is 31.9 Å². The zero-order chi connectivity index (χ0) is 24.8. The molecule has 7 heteroatoms. The lowest BCUT2D eigenvalue weighted by Crippen LogP contribution is -2.26. The maximum absolute atomic E-state index is 12.6. The number of benzene rings is 3. The Hall–Kier alpha value is -3.34. The minimum absolute atomic E-state index is 0.0381. The number of rotatable bonds is 8. The van der Waals surface area contributed by atoms with Gasteiger partial charge in [-0.1, -0.05) is 48.0 Å². The van der Waals surface area contributed by atoms with E-state index in [1.807, 2.05) is 73.8 Å². The van der Waals surface area contributed by atoms with E-state index in [0.29, 0.717) is 30.9 Å². The molecule has 3 aromatic carbocycles. The number of aromatic nitrogens is 1. The molecule has 2 N–H and O–H groups in total. The van der Waals surface area contributed by atoms with E-state index in [1.54, 1.807) is 6.08 Å². The van der Waals surface area contributed by atoms with Crippen molar-refractivity contribution in [3.8, 4) is 11.8 Å². The Kier molecular flexibility index (Phi) is 8.06. The Bertz CT molecular complexity index is 1430. The number of hydrogen-bond donors (Lipinski definition) is 2. The van der Waals surface area contributed by atoms with Crippen molar-refractivity contribution >= 4 is 54.7 Å². The molecule has 35 heavy (non-hydrogen) atoms. The second kappa shape index (κ2) is 11.4. The second-order valence-electron chi connectivity index (χ2n) is 8.13. The lowest BCUT2D eigenvalue weighted by Gasteiger charge is -2.12. The van der Waals surface area contributed by atoms with E-state index in [0.717, 1.165) is 31.0 Å². The van der Waals surface area contributed by atoms with Crippen LogP contribution in [-0.4, -0.2) is 17.4 Å². The highest BCUT2D eigenvalue weighted by Gasteiger charge is 2.13. The molecular formula is C28H23Br2N3O2. The topological polar surface area (TPSA) is 77.9 Å². The largest absolute Gasteiger partial charge is 0.487 e. The smallest absolute Gasteiger partial charge is 0.261 e. The number of halogens is 2. The van der Waals surface area contributed by atoms with E-state index in [9.17, 15) is 10.1 Å². The summed E-state index contributed by atoms with van der Waals surface area (Å²) < 4.78 is 7.45. The summed E-state index contributed by atoms with van der Waals surface area (Å²) in [6.07, 6.45) is 4.19. The standard InChI is InChI=1S/C28H23Br2N3O2/c1-18-5-4-6-19(11-18)17-35-27-24(29)13-20(14-25(27)30)12-22(15-31)28(34)32-10-9-21-16-33-26-8-3-2-7-23(21)26/h2-8,11-14,16,33H,9-10,17H2,1H3,(H,32,34)/b22-12-. The number of nitrogens with one attached hydrogen (secondary N) is 2. The van der Waals surface area contributed by atoms with Gasteiger partial charge in [-0.25, -0.2) is 0 Å². The highest BCUT2D eigenvalue weighted by atomic mass is 79.9. The molecular weight excluding hydrogens is 570 g/mol. The first-order chi connectivity index (χ1) is 16.9. The molecule has 1 amide bonds. The van der Waals surface area contributed by atoms with Gasteiger partial charge in [0.05, 0.1) is 8.95 Å². The summed E-state index contributed by atoms with van der Waals surface area (Å²) in [4.78, 5) is 15.9. The third-order valence-corrected chi connectivity index (χ3v) is 6.70. The molecule has 0 saturated carbocycles. The number of amides is 1. The number of nitriles is 1. The predicted octanol–water partition coefficient (Wildman–Crippen LogP) is 6.85. The van der Waals surface area contributed by atoms with Crippen molar-refractivity contribution in [1.82, 2.24) is 10.3 Å². The van der Waals surface area contributed by atoms with Crippen molar-refractivity contribution in [2.45, 2.75) is 20.0 Å². The van der Waals surface area contributed by atoms with Crippen molar-refractivity contribution < 1.29 is 9.53 Å². The van der Waals surface area contributed by atoms with E-state index in [4.69, 9.17) is 4.74 Å². The summed E-state index contributed by atoms with van der Waals surface area (Å²) in [5.74, 6) is 0.254. The molecule has 0 saturated heterocycles. The van der Waals surface area contributed by atoms with Gasteiger partial charge in [-0.05, 0) is 86.2 Å². The zero-order valence-corrected chi connectivity index (χ0v) is 22.2. The van der Waals surface area contributed by atoms with Crippen LogP contribution in [0.5, 0.6) is 5.75 Å². The summed E-state index contributed by atoms with van der Waals surface area (Å²) in [6.45, 7) is 2.90. The fourth-order valence-electron chi connectivity index (χ4n) is 3.82. The number of aromatic amines is 1.